The van der Waals surface area contributed by atoms with Crippen LogP contribution in [0.25, 0.3) is 0 Å². The highest BCUT2D eigenvalue weighted by molar-refractivity contribution is 6.33. The molecule has 0 aliphatic heterocycles. The van der Waals surface area contributed by atoms with Crippen molar-refractivity contribution in [3.05, 3.63) is 44.9 Å². The maximum Gasteiger partial charge on any atom is 0.273 e. The van der Waals surface area contributed by atoms with Gasteiger partial charge in [0.2, 0.25) is 5.88 Å². The van der Waals surface area contributed by atoms with E-state index in [2.05, 4.69) is 9.97 Å². The van der Waals surface area contributed by atoms with Crippen molar-refractivity contribution < 1.29 is 4.74 Å². The topological polar surface area (TPSA) is 81.0 Å². The zero-order valence-electron chi connectivity index (χ0n) is 8.41. The summed E-state index contributed by atoms with van der Waals surface area (Å²) in [5.74, 6) is 0.171. The van der Waals surface area contributed by atoms with E-state index in [1.165, 1.54) is 6.33 Å². The molecule has 7 heteroatoms. The first-order chi connectivity index (χ1) is 8.09. The summed E-state index contributed by atoms with van der Waals surface area (Å²) in [6.07, 6.45) is 1.18. The highest BCUT2D eigenvalue weighted by atomic mass is 35.5. The van der Waals surface area contributed by atoms with E-state index in [1.807, 2.05) is 0 Å². The van der Waals surface area contributed by atoms with E-state index in [0.29, 0.717) is 10.7 Å². The molecule has 0 aliphatic carbocycles. The van der Waals surface area contributed by atoms with Crippen LogP contribution in [-0.2, 0) is 0 Å². The predicted molar refractivity (Wildman–Crippen MR) is 65.8 cm³/mol. The number of nitrogen functional groups attached to an aromatic ring is 1. The van der Waals surface area contributed by atoms with Gasteiger partial charge >= 0.3 is 0 Å². The number of benzene rings is 1. The average molecular weight is 272 g/mol. The van der Waals surface area contributed by atoms with E-state index in [1.54, 1.807) is 18.2 Å². The van der Waals surface area contributed by atoms with Crippen LogP contribution in [0.5, 0.6) is 11.6 Å². The van der Waals surface area contributed by atoms with Gasteiger partial charge in [0.15, 0.2) is 10.8 Å². The van der Waals surface area contributed by atoms with Gasteiger partial charge in [0.1, 0.15) is 0 Å². The number of nitrogens with one attached hydrogen (secondary N) is 1. The number of H-pyrrole nitrogens is 1. The molecule has 3 N–H and O–H groups in total. The summed E-state index contributed by atoms with van der Waals surface area (Å²) in [5.41, 5.74) is 5.52. The van der Waals surface area contributed by atoms with Crippen molar-refractivity contribution in [2.45, 2.75) is 0 Å². The number of aromatic amines is 1. The van der Waals surface area contributed by atoms with Gasteiger partial charge in [0, 0.05) is 0 Å². The van der Waals surface area contributed by atoms with E-state index in [-0.39, 0.29) is 16.7 Å². The third-order valence-corrected chi connectivity index (χ3v) is 2.59. The Morgan fingerprint density at radius 2 is 2.12 bits per heavy atom. The summed E-state index contributed by atoms with van der Waals surface area (Å²) >= 11 is 11.6. The van der Waals surface area contributed by atoms with Crippen molar-refractivity contribution >= 4 is 28.9 Å². The monoisotopic (exact) mass is 271 g/mol. The fraction of sp³-hybridized carbons (Fsp3) is 0. The molecule has 0 spiro atoms. The summed E-state index contributed by atoms with van der Waals surface area (Å²) in [6, 6.07) is 4.90. The first-order valence-corrected chi connectivity index (χ1v) is 5.30. The molecule has 2 rings (SSSR count). The molecule has 1 heterocycles. The maximum atomic E-state index is 11.2. The Hall–Kier alpha value is -1.72. The summed E-state index contributed by atoms with van der Waals surface area (Å²) in [7, 11) is 0. The molecule has 0 saturated carbocycles. The lowest BCUT2D eigenvalue weighted by molar-refractivity contribution is 0.463. The van der Waals surface area contributed by atoms with Gasteiger partial charge in [-0.25, -0.2) is 4.98 Å². The smallest absolute Gasteiger partial charge is 0.273 e. The first kappa shape index (κ1) is 11.8. The maximum absolute atomic E-state index is 11.2. The molecule has 0 unspecified atom stereocenters. The van der Waals surface area contributed by atoms with Crippen molar-refractivity contribution in [2.24, 2.45) is 0 Å². The number of nitrogens with two attached hydrogens (primary N) is 1. The van der Waals surface area contributed by atoms with Gasteiger partial charge in [-0.2, -0.15) is 0 Å². The number of para-hydroxylation sites is 1. The van der Waals surface area contributed by atoms with Crippen LogP contribution in [0.4, 0.5) is 5.69 Å². The molecule has 0 amide bonds. The van der Waals surface area contributed by atoms with Crippen LogP contribution in [0.1, 0.15) is 0 Å². The van der Waals surface area contributed by atoms with Gasteiger partial charge in [-0.15, -0.1) is 0 Å². The number of ether oxygens (including phenoxy) is 1. The Balaban J connectivity index is 2.45. The standard InChI is InChI=1S/C10H7Cl2N3O2/c11-5-2-1-3-6(13)8(5)17-10-7(12)9(16)14-4-15-10/h1-4H,13H2,(H,14,15,16). The SMILES string of the molecule is Nc1cccc(Cl)c1Oc1nc[nH]c(=O)c1Cl. The molecule has 1 aromatic heterocycles. The lowest BCUT2D eigenvalue weighted by Gasteiger charge is -2.09. The van der Waals surface area contributed by atoms with E-state index in [9.17, 15) is 4.79 Å². The van der Waals surface area contributed by atoms with Crippen LogP contribution in [0.15, 0.2) is 29.3 Å². The molecule has 0 atom stereocenters. The Kier molecular flexibility index (Phi) is 3.21. The molecule has 0 aliphatic rings. The minimum absolute atomic E-state index is 0.0461. The largest absolute Gasteiger partial charge is 0.434 e. The molecule has 1 aromatic carbocycles. The zero-order chi connectivity index (χ0) is 12.4. The normalized spacial score (nSPS) is 10.2. The number of aromatic nitrogens is 2. The third-order valence-electron chi connectivity index (χ3n) is 1.96. The van der Waals surface area contributed by atoms with Crippen molar-refractivity contribution in [1.29, 1.82) is 0 Å². The van der Waals surface area contributed by atoms with Crippen LogP contribution < -0.4 is 16.0 Å². The summed E-state index contributed by atoms with van der Waals surface area (Å²) in [6.45, 7) is 0. The van der Waals surface area contributed by atoms with Crippen molar-refractivity contribution in [3.8, 4) is 11.6 Å². The van der Waals surface area contributed by atoms with Crippen LogP contribution >= 0.6 is 23.2 Å². The Labute approximate surface area is 106 Å². The lowest BCUT2D eigenvalue weighted by Crippen LogP contribution is -2.08. The first-order valence-electron chi connectivity index (χ1n) is 4.54. The van der Waals surface area contributed by atoms with Crippen LogP contribution in [0, 0.1) is 0 Å². The zero-order valence-corrected chi connectivity index (χ0v) is 9.92. The molecule has 0 fully saturated rings. The molecular weight excluding hydrogens is 265 g/mol. The number of hydrogen-bond donors (Lipinski definition) is 2. The Morgan fingerprint density at radius 3 is 2.82 bits per heavy atom. The van der Waals surface area contributed by atoms with Crippen molar-refractivity contribution in [3.63, 3.8) is 0 Å². The lowest BCUT2D eigenvalue weighted by atomic mass is 10.3. The molecular formula is C10H7Cl2N3O2. The minimum Gasteiger partial charge on any atom is -0.434 e. The van der Waals surface area contributed by atoms with Gasteiger partial charge in [-0.1, -0.05) is 29.3 Å². The van der Waals surface area contributed by atoms with Gasteiger partial charge in [0.25, 0.3) is 5.56 Å². The molecule has 5 nitrogen and oxygen atoms in total. The number of nitrogens with zero attached hydrogens (tertiary/aromatic N) is 1. The summed E-state index contributed by atoms with van der Waals surface area (Å²) < 4.78 is 5.33. The number of anilines is 1. The Morgan fingerprint density at radius 1 is 1.35 bits per heavy atom. The molecule has 0 saturated heterocycles. The molecule has 0 bridgehead atoms. The highest BCUT2D eigenvalue weighted by Gasteiger charge is 2.12. The van der Waals surface area contributed by atoms with E-state index in [0.717, 1.165) is 0 Å². The second-order valence-electron chi connectivity index (χ2n) is 3.11. The fourth-order valence-corrected chi connectivity index (χ4v) is 1.53. The molecule has 17 heavy (non-hydrogen) atoms. The fourth-order valence-electron chi connectivity index (χ4n) is 1.17. The average Bonchev–Trinajstić information content (AvgIpc) is 2.29. The van der Waals surface area contributed by atoms with E-state index < -0.39 is 5.56 Å². The van der Waals surface area contributed by atoms with Crippen molar-refractivity contribution in [2.75, 3.05) is 5.73 Å². The second-order valence-corrected chi connectivity index (χ2v) is 3.90. The van der Waals surface area contributed by atoms with Crippen LogP contribution in [0.3, 0.4) is 0 Å². The number of hydrogen-bond acceptors (Lipinski definition) is 4. The molecule has 2 aromatic rings. The van der Waals surface area contributed by atoms with Gasteiger partial charge in [-0.05, 0) is 12.1 Å². The number of halogens is 2. The van der Waals surface area contributed by atoms with Gasteiger partial charge in [-0.3, -0.25) is 4.79 Å². The van der Waals surface area contributed by atoms with Crippen LogP contribution in [0.2, 0.25) is 10.0 Å². The minimum atomic E-state index is -0.498. The second kappa shape index (κ2) is 4.65. The summed E-state index contributed by atoms with van der Waals surface area (Å²) in [4.78, 5) is 17.3. The van der Waals surface area contributed by atoms with Gasteiger partial charge in [0.05, 0.1) is 17.0 Å². The Bertz CT molecular complexity index is 592. The van der Waals surface area contributed by atoms with E-state index in [4.69, 9.17) is 33.7 Å². The highest BCUT2D eigenvalue weighted by Crippen LogP contribution is 2.35. The van der Waals surface area contributed by atoms with E-state index >= 15 is 0 Å². The molecule has 88 valence electrons. The predicted octanol–water partition coefficient (Wildman–Crippen LogP) is 2.45. The van der Waals surface area contributed by atoms with Crippen LogP contribution in [-0.4, -0.2) is 9.97 Å². The molecule has 0 radical (unpaired) electrons. The number of rotatable bonds is 2. The third kappa shape index (κ3) is 2.35. The summed E-state index contributed by atoms with van der Waals surface area (Å²) in [5, 5.41) is 0.148. The van der Waals surface area contributed by atoms with Gasteiger partial charge < -0.3 is 15.5 Å². The quantitative estimate of drug-likeness (QED) is 0.823. The van der Waals surface area contributed by atoms with Crippen molar-refractivity contribution in [1.82, 2.24) is 9.97 Å².